The van der Waals surface area contributed by atoms with Gasteiger partial charge in [-0.1, -0.05) is 19.4 Å². The van der Waals surface area contributed by atoms with Gasteiger partial charge in [-0.3, -0.25) is 0 Å². The molecule has 2 rings (SSSR count). The minimum Gasteiger partial charge on any atom is -0.361 e. The van der Waals surface area contributed by atoms with Crippen LogP contribution >= 0.6 is 0 Å². The second-order valence-corrected chi connectivity index (χ2v) is 3.76. The Hall–Kier alpha value is -1.75. The summed E-state index contributed by atoms with van der Waals surface area (Å²) in [6.07, 6.45) is 5.43. The van der Waals surface area contributed by atoms with Crippen molar-refractivity contribution >= 4 is 10.9 Å². The van der Waals surface area contributed by atoms with Gasteiger partial charge < -0.3 is 4.98 Å². The van der Waals surface area contributed by atoms with Gasteiger partial charge in [0.1, 0.15) is 0 Å². The summed E-state index contributed by atoms with van der Waals surface area (Å²) in [6, 6.07) is 8.07. The highest BCUT2D eigenvalue weighted by molar-refractivity contribution is 5.88. The van der Waals surface area contributed by atoms with Crippen LogP contribution in [-0.2, 0) is 6.42 Å². The molecule has 2 aromatic rings. The Labute approximate surface area is 89.5 Å². The van der Waals surface area contributed by atoms with E-state index in [0.29, 0.717) is 0 Å². The first-order chi connectivity index (χ1) is 7.36. The van der Waals surface area contributed by atoms with Crippen molar-refractivity contribution in [2.45, 2.75) is 26.2 Å². The van der Waals surface area contributed by atoms with Crippen LogP contribution in [0.3, 0.4) is 0 Å². The summed E-state index contributed by atoms with van der Waals surface area (Å²) >= 11 is 0. The topological polar surface area (TPSA) is 39.6 Å². The van der Waals surface area contributed by atoms with Gasteiger partial charge >= 0.3 is 0 Å². The first-order valence-electron chi connectivity index (χ1n) is 5.36. The molecule has 0 radical (unpaired) electrons. The minimum atomic E-state index is 0.778. The molecule has 1 heterocycles. The Kier molecular flexibility index (Phi) is 2.73. The highest BCUT2D eigenvalue weighted by Gasteiger charge is 2.07. The second-order valence-electron chi connectivity index (χ2n) is 3.76. The molecule has 0 spiro atoms. The molecule has 0 aliphatic carbocycles. The highest BCUT2D eigenvalue weighted by Crippen LogP contribution is 2.23. The van der Waals surface area contributed by atoms with Crippen molar-refractivity contribution in [3.05, 3.63) is 35.5 Å². The quantitative estimate of drug-likeness (QED) is 0.806. The summed E-state index contributed by atoms with van der Waals surface area (Å²) in [4.78, 5) is 3.22. The number of nitrogens with one attached hydrogen (secondary N) is 1. The molecule has 0 aliphatic heterocycles. The highest BCUT2D eigenvalue weighted by atomic mass is 14.7. The van der Waals surface area contributed by atoms with E-state index in [-0.39, 0.29) is 0 Å². The van der Waals surface area contributed by atoms with Gasteiger partial charge in [-0.2, -0.15) is 5.26 Å². The number of fused-ring (bicyclic) bond motifs is 1. The molecule has 0 fully saturated rings. The van der Waals surface area contributed by atoms with Crippen LogP contribution in [0.2, 0.25) is 0 Å². The zero-order chi connectivity index (χ0) is 10.7. The fourth-order valence-electron chi connectivity index (χ4n) is 1.91. The van der Waals surface area contributed by atoms with Crippen molar-refractivity contribution in [3.8, 4) is 6.07 Å². The lowest BCUT2D eigenvalue weighted by atomic mass is 10.0. The zero-order valence-corrected chi connectivity index (χ0v) is 8.88. The Morgan fingerprint density at radius 1 is 1.40 bits per heavy atom. The van der Waals surface area contributed by atoms with E-state index in [1.54, 1.807) is 0 Å². The first-order valence-corrected chi connectivity index (χ1v) is 5.36. The van der Waals surface area contributed by atoms with Crippen LogP contribution in [0.25, 0.3) is 10.9 Å². The molecule has 1 aromatic carbocycles. The van der Waals surface area contributed by atoms with Crippen LogP contribution in [0.4, 0.5) is 0 Å². The van der Waals surface area contributed by atoms with Crippen LogP contribution in [0, 0.1) is 11.3 Å². The number of aryl methyl sites for hydroxylation is 1. The Bertz CT molecular complexity index is 503. The van der Waals surface area contributed by atoms with E-state index < -0.39 is 0 Å². The minimum absolute atomic E-state index is 0.778. The van der Waals surface area contributed by atoms with Crippen molar-refractivity contribution in [2.75, 3.05) is 0 Å². The van der Waals surface area contributed by atoms with Gasteiger partial charge in [0, 0.05) is 17.1 Å². The monoisotopic (exact) mass is 198 g/mol. The predicted octanol–water partition coefficient (Wildman–Crippen LogP) is 3.38. The van der Waals surface area contributed by atoms with Gasteiger partial charge in [-0.05, 0) is 30.5 Å². The SMILES string of the molecule is CCCCc1c[nH]c2cccc(C#N)c12. The maximum absolute atomic E-state index is 9.04. The molecular weight excluding hydrogens is 184 g/mol. The van der Waals surface area contributed by atoms with Crippen LogP contribution in [0.15, 0.2) is 24.4 Å². The fraction of sp³-hybridized carbons (Fsp3) is 0.308. The van der Waals surface area contributed by atoms with E-state index in [1.165, 1.54) is 18.4 Å². The molecule has 0 unspecified atom stereocenters. The van der Waals surface area contributed by atoms with Crippen LogP contribution in [0.1, 0.15) is 30.9 Å². The number of hydrogen-bond donors (Lipinski definition) is 1. The maximum Gasteiger partial charge on any atom is 0.0998 e. The number of rotatable bonds is 3. The smallest absolute Gasteiger partial charge is 0.0998 e. The van der Waals surface area contributed by atoms with E-state index in [4.69, 9.17) is 5.26 Å². The molecule has 15 heavy (non-hydrogen) atoms. The number of hydrogen-bond acceptors (Lipinski definition) is 1. The molecular formula is C13H14N2. The summed E-state index contributed by atoms with van der Waals surface area (Å²) < 4.78 is 0. The van der Waals surface area contributed by atoms with Gasteiger partial charge in [-0.25, -0.2) is 0 Å². The van der Waals surface area contributed by atoms with E-state index in [9.17, 15) is 0 Å². The summed E-state index contributed by atoms with van der Waals surface area (Å²) in [7, 11) is 0. The molecule has 0 amide bonds. The molecule has 1 aromatic heterocycles. The normalized spacial score (nSPS) is 10.4. The number of unbranched alkanes of at least 4 members (excludes halogenated alkanes) is 1. The lowest BCUT2D eigenvalue weighted by Gasteiger charge is -1.98. The average Bonchev–Trinajstić information content (AvgIpc) is 2.69. The lowest BCUT2D eigenvalue weighted by molar-refractivity contribution is 0.798. The number of benzene rings is 1. The Balaban J connectivity index is 2.52. The largest absolute Gasteiger partial charge is 0.361 e. The van der Waals surface area contributed by atoms with Crippen molar-refractivity contribution in [2.24, 2.45) is 0 Å². The fourth-order valence-corrected chi connectivity index (χ4v) is 1.91. The van der Waals surface area contributed by atoms with E-state index in [2.05, 4.69) is 18.0 Å². The van der Waals surface area contributed by atoms with Crippen LogP contribution < -0.4 is 0 Å². The standard InChI is InChI=1S/C13H14N2/c1-2-3-5-11-9-15-12-7-4-6-10(8-14)13(11)12/h4,6-7,9,15H,2-3,5H2,1H3. The Morgan fingerprint density at radius 2 is 2.27 bits per heavy atom. The molecule has 0 aliphatic rings. The van der Waals surface area contributed by atoms with Gasteiger partial charge in [0.25, 0.3) is 0 Å². The summed E-state index contributed by atoms with van der Waals surface area (Å²) in [6.45, 7) is 2.18. The summed E-state index contributed by atoms with van der Waals surface area (Å²) in [5, 5.41) is 10.1. The van der Waals surface area contributed by atoms with Crippen molar-refractivity contribution < 1.29 is 0 Å². The number of H-pyrrole nitrogens is 1. The number of aromatic nitrogens is 1. The number of nitriles is 1. The van der Waals surface area contributed by atoms with Gasteiger partial charge in [0.2, 0.25) is 0 Å². The molecule has 2 nitrogen and oxygen atoms in total. The third-order valence-electron chi connectivity index (χ3n) is 2.71. The second kappa shape index (κ2) is 4.18. The van der Waals surface area contributed by atoms with Crippen molar-refractivity contribution in [1.82, 2.24) is 4.98 Å². The van der Waals surface area contributed by atoms with E-state index in [1.807, 2.05) is 24.4 Å². The van der Waals surface area contributed by atoms with Crippen molar-refractivity contribution in [1.29, 1.82) is 5.26 Å². The molecule has 0 saturated carbocycles. The molecule has 76 valence electrons. The maximum atomic E-state index is 9.04. The first kappa shape index (κ1) is 9.79. The molecule has 0 bridgehead atoms. The van der Waals surface area contributed by atoms with Gasteiger partial charge in [-0.15, -0.1) is 0 Å². The third kappa shape index (κ3) is 1.73. The van der Waals surface area contributed by atoms with Crippen LogP contribution in [0.5, 0.6) is 0 Å². The summed E-state index contributed by atoms with van der Waals surface area (Å²) in [5.74, 6) is 0. The molecule has 0 saturated heterocycles. The van der Waals surface area contributed by atoms with Gasteiger partial charge in [0.15, 0.2) is 0 Å². The number of nitrogens with zero attached hydrogens (tertiary/aromatic N) is 1. The third-order valence-corrected chi connectivity index (χ3v) is 2.71. The van der Waals surface area contributed by atoms with Crippen molar-refractivity contribution in [3.63, 3.8) is 0 Å². The lowest BCUT2D eigenvalue weighted by Crippen LogP contribution is -1.84. The van der Waals surface area contributed by atoms with Gasteiger partial charge in [0.05, 0.1) is 11.6 Å². The Morgan fingerprint density at radius 3 is 3.00 bits per heavy atom. The average molecular weight is 198 g/mol. The van der Waals surface area contributed by atoms with Crippen LogP contribution in [-0.4, -0.2) is 4.98 Å². The molecule has 0 atom stereocenters. The molecule has 1 N–H and O–H groups in total. The number of aromatic amines is 1. The zero-order valence-electron chi connectivity index (χ0n) is 8.88. The summed E-state index contributed by atoms with van der Waals surface area (Å²) in [5.41, 5.74) is 3.11. The van der Waals surface area contributed by atoms with E-state index >= 15 is 0 Å². The predicted molar refractivity (Wildman–Crippen MR) is 61.6 cm³/mol. The molecule has 2 heteroatoms. The van der Waals surface area contributed by atoms with E-state index in [0.717, 1.165) is 22.9 Å².